The Bertz CT molecular complexity index is 748. The van der Waals surface area contributed by atoms with E-state index in [-0.39, 0.29) is 11.6 Å². The van der Waals surface area contributed by atoms with Crippen molar-refractivity contribution in [1.82, 2.24) is 0 Å². The second kappa shape index (κ2) is 8.01. The van der Waals surface area contributed by atoms with Gasteiger partial charge in [0.2, 0.25) is 0 Å². The molecule has 2 rings (SSSR count). The molecule has 0 saturated carbocycles. The lowest BCUT2D eigenvalue weighted by Gasteiger charge is -2.04. The van der Waals surface area contributed by atoms with E-state index in [0.717, 1.165) is 0 Å². The molecular formula is C18H20N4O2. The maximum Gasteiger partial charge on any atom is 0.350 e. The van der Waals surface area contributed by atoms with E-state index >= 15 is 0 Å². The van der Waals surface area contributed by atoms with Gasteiger partial charge in [-0.05, 0) is 60.9 Å². The second-order valence-corrected chi connectivity index (χ2v) is 5.77. The number of carboxylic acids is 1. The van der Waals surface area contributed by atoms with Crippen molar-refractivity contribution in [2.75, 3.05) is 5.73 Å². The van der Waals surface area contributed by atoms with Crippen LogP contribution in [0.2, 0.25) is 0 Å². The number of anilines is 1. The minimum atomic E-state index is -0.990. The predicted molar refractivity (Wildman–Crippen MR) is 95.7 cm³/mol. The Kier molecular flexibility index (Phi) is 5.78. The van der Waals surface area contributed by atoms with Gasteiger partial charge < -0.3 is 10.8 Å². The van der Waals surface area contributed by atoms with Gasteiger partial charge in [-0.25, -0.2) is 9.79 Å². The first-order chi connectivity index (χ1) is 11.4. The molecule has 124 valence electrons. The van der Waals surface area contributed by atoms with Gasteiger partial charge in [0.1, 0.15) is 5.71 Å². The van der Waals surface area contributed by atoms with Crippen molar-refractivity contribution in [2.45, 2.75) is 20.3 Å². The summed E-state index contributed by atoms with van der Waals surface area (Å²) in [5.74, 6) is -0.761. The fourth-order valence-electron chi connectivity index (χ4n) is 1.97. The third-order valence-electron chi connectivity index (χ3n) is 3.14. The summed E-state index contributed by atoms with van der Waals surface area (Å²) in [6.45, 7) is 3.91. The van der Waals surface area contributed by atoms with Crippen molar-refractivity contribution < 1.29 is 9.90 Å². The van der Waals surface area contributed by atoms with Crippen LogP contribution in [0.3, 0.4) is 0 Å². The molecule has 0 atom stereocenters. The smallest absolute Gasteiger partial charge is 0.350 e. The Morgan fingerprint density at radius 3 is 1.88 bits per heavy atom. The molecule has 0 aliphatic rings. The van der Waals surface area contributed by atoms with Crippen LogP contribution < -0.4 is 5.73 Å². The Balaban J connectivity index is 2.12. The van der Waals surface area contributed by atoms with Crippen molar-refractivity contribution in [2.24, 2.45) is 21.1 Å². The predicted octanol–water partition coefficient (Wildman–Crippen LogP) is 4.89. The summed E-state index contributed by atoms with van der Waals surface area (Å²) in [5, 5.41) is 17.4. The maximum absolute atomic E-state index is 11.2. The fourth-order valence-corrected chi connectivity index (χ4v) is 1.97. The molecule has 0 saturated heterocycles. The number of hydrogen-bond acceptors (Lipinski definition) is 5. The van der Waals surface area contributed by atoms with Gasteiger partial charge in [0.25, 0.3) is 0 Å². The summed E-state index contributed by atoms with van der Waals surface area (Å²) in [6, 6.07) is 14.0. The molecule has 0 aliphatic heterocycles. The van der Waals surface area contributed by atoms with Gasteiger partial charge in [-0.15, -0.1) is 0 Å². The van der Waals surface area contributed by atoms with Gasteiger partial charge in [-0.1, -0.05) is 13.8 Å². The van der Waals surface area contributed by atoms with Crippen LogP contribution in [0.4, 0.5) is 22.7 Å². The number of nitrogens with zero attached hydrogens (tertiary/aromatic N) is 3. The Morgan fingerprint density at radius 1 is 0.958 bits per heavy atom. The van der Waals surface area contributed by atoms with Crippen LogP contribution in [-0.4, -0.2) is 16.8 Å². The zero-order valence-corrected chi connectivity index (χ0v) is 13.7. The quantitative estimate of drug-likeness (QED) is 0.449. The summed E-state index contributed by atoms with van der Waals surface area (Å²) < 4.78 is 0. The standard InChI is InChI=1S/C18H20N4O2/c1-12(2)11-17(18(23)24)20-14-7-9-16(10-8-14)22-21-15-5-3-13(19)4-6-15/h3-10,12H,11,19H2,1-2H3,(H,23,24). The monoisotopic (exact) mass is 324 g/mol. The lowest BCUT2D eigenvalue weighted by Crippen LogP contribution is -2.15. The lowest BCUT2D eigenvalue weighted by atomic mass is 10.1. The highest BCUT2D eigenvalue weighted by Gasteiger charge is 2.11. The highest BCUT2D eigenvalue weighted by molar-refractivity contribution is 6.36. The molecule has 0 radical (unpaired) electrons. The molecule has 3 N–H and O–H groups in total. The molecule has 6 nitrogen and oxygen atoms in total. The van der Waals surface area contributed by atoms with Crippen molar-refractivity contribution in [3.8, 4) is 0 Å². The number of rotatable bonds is 6. The number of nitrogen functional groups attached to an aromatic ring is 1. The minimum absolute atomic E-state index is 0.154. The van der Waals surface area contributed by atoms with Crippen molar-refractivity contribution >= 4 is 34.4 Å². The van der Waals surface area contributed by atoms with E-state index < -0.39 is 5.97 Å². The summed E-state index contributed by atoms with van der Waals surface area (Å²) >= 11 is 0. The summed E-state index contributed by atoms with van der Waals surface area (Å²) in [5.41, 5.74) is 8.39. The topological polar surface area (TPSA) is 100 Å². The molecule has 0 fully saturated rings. The Labute approximate surface area is 140 Å². The van der Waals surface area contributed by atoms with Crippen LogP contribution in [-0.2, 0) is 4.79 Å². The van der Waals surface area contributed by atoms with Gasteiger partial charge in [0.15, 0.2) is 0 Å². The number of azo groups is 1. The first kappa shape index (κ1) is 17.3. The fraction of sp³-hybridized carbons (Fsp3) is 0.222. The molecular weight excluding hydrogens is 304 g/mol. The van der Waals surface area contributed by atoms with E-state index in [1.54, 1.807) is 48.5 Å². The summed E-state index contributed by atoms with van der Waals surface area (Å²) in [7, 11) is 0. The number of hydrogen-bond donors (Lipinski definition) is 2. The van der Waals surface area contributed by atoms with Gasteiger partial charge in [0, 0.05) is 5.69 Å². The average molecular weight is 324 g/mol. The Hall–Kier alpha value is -3.02. The van der Waals surface area contributed by atoms with E-state index in [0.29, 0.717) is 29.2 Å². The van der Waals surface area contributed by atoms with Crippen molar-refractivity contribution in [3.05, 3.63) is 48.5 Å². The SMILES string of the molecule is CC(C)CC(=Nc1ccc(N=Nc2ccc(N)cc2)cc1)C(=O)O. The molecule has 6 heteroatoms. The second-order valence-electron chi connectivity index (χ2n) is 5.77. The molecule has 0 heterocycles. The van der Waals surface area contributed by atoms with Crippen LogP contribution in [0.15, 0.2) is 63.8 Å². The van der Waals surface area contributed by atoms with E-state index in [1.807, 2.05) is 13.8 Å². The van der Waals surface area contributed by atoms with Gasteiger partial charge in [0.05, 0.1) is 17.1 Å². The first-order valence-electron chi connectivity index (χ1n) is 7.62. The third-order valence-corrected chi connectivity index (χ3v) is 3.14. The molecule has 0 bridgehead atoms. The molecule has 0 amide bonds. The van der Waals surface area contributed by atoms with Gasteiger partial charge in [-0.2, -0.15) is 10.2 Å². The number of benzene rings is 2. The molecule has 0 aliphatic carbocycles. The maximum atomic E-state index is 11.2. The van der Waals surface area contributed by atoms with E-state index in [2.05, 4.69) is 15.2 Å². The van der Waals surface area contributed by atoms with Crippen LogP contribution in [0, 0.1) is 5.92 Å². The largest absolute Gasteiger partial charge is 0.477 e. The molecule has 2 aromatic rings. The van der Waals surface area contributed by atoms with Crippen LogP contribution >= 0.6 is 0 Å². The summed E-state index contributed by atoms with van der Waals surface area (Å²) in [6.07, 6.45) is 0.425. The van der Waals surface area contributed by atoms with Crippen LogP contribution in [0.1, 0.15) is 20.3 Å². The number of aliphatic carboxylic acids is 1. The van der Waals surface area contributed by atoms with Crippen molar-refractivity contribution in [3.63, 3.8) is 0 Å². The van der Waals surface area contributed by atoms with E-state index in [1.165, 1.54) is 0 Å². The van der Waals surface area contributed by atoms with Crippen LogP contribution in [0.5, 0.6) is 0 Å². The van der Waals surface area contributed by atoms with Gasteiger partial charge in [-0.3, -0.25) is 0 Å². The summed E-state index contributed by atoms with van der Waals surface area (Å²) in [4.78, 5) is 15.4. The minimum Gasteiger partial charge on any atom is -0.477 e. The highest BCUT2D eigenvalue weighted by atomic mass is 16.4. The molecule has 0 spiro atoms. The Morgan fingerprint density at radius 2 is 1.42 bits per heavy atom. The third kappa shape index (κ3) is 5.31. The lowest BCUT2D eigenvalue weighted by molar-refractivity contribution is -0.129. The number of carbonyl (C=O) groups is 1. The van der Waals surface area contributed by atoms with Crippen LogP contribution in [0.25, 0.3) is 0 Å². The number of aliphatic imine (C=N–C) groups is 1. The first-order valence-corrected chi connectivity index (χ1v) is 7.62. The zero-order valence-electron chi connectivity index (χ0n) is 13.7. The average Bonchev–Trinajstić information content (AvgIpc) is 2.54. The molecule has 0 unspecified atom stereocenters. The van der Waals surface area contributed by atoms with Gasteiger partial charge >= 0.3 is 5.97 Å². The van der Waals surface area contributed by atoms with E-state index in [4.69, 9.17) is 5.73 Å². The number of carboxylic acid groups (broad SMARTS) is 1. The number of nitrogens with two attached hydrogens (primary N) is 1. The molecule has 24 heavy (non-hydrogen) atoms. The molecule has 0 aromatic heterocycles. The molecule has 2 aromatic carbocycles. The van der Waals surface area contributed by atoms with E-state index in [9.17, 15) is 9.90 Å². The normalized spacial score (nSPS) is 12.0. The zero-order chi connectivity index (χ0) is 17.5. The van der Waals surface area contributed by atoms with Crippen molar-refractivity contribution in [1.29, 1.82) is 0 Å². The highest BCUT2D eigenvalue weighted by Crippen LogP contribution is 2.22.